The van der Waals surface area contributed by atoms with E-state index >= 15 is 0 Å². The van der Waals surface area contributed by atoms with Gasteiger partial charge in [-0.25, -0.2) is 0 Å². The van der Waals surface area contributed by atoms with Gasteiger partial charge in [-0.3, -0.25) is 14.7 Å². The second kappa shape index (κ2) is 6.74. The normalized spacial score (nSPS) is 21.0. The Morgan fingerprint density at radius 1 is 1.54 bits per heavy atom. The molecule has 128 valence electrons. The molecule has 3 rings (SSSR count). The summed E-state index contributed by atoms with van der Waals surface area (Å²) in [6, 6.07) is 5.59. The molecule has 1 amide bonds. The molecule has 7 nitrogen and oxygen atoms in total. The number of hydrogen-bond acceptors (Lipinski definition) is 5. The third kappa shape index (κ3) is 3.07. The summed E-state index contributed by atoms with van der Waals surface area (Å²) < 4.78 is 5.09. The summed E-state index contributed by atoms with van der Waals surface area (Å²) >= 11 is 1.56. The van der Waals surface area contributed by atoms with Gasteiger partial charge in [0.2, 0.25) is 0 Å². The van der Waals surface area contributed by atoms with E-state index in [-0.39, 0.29) is 19.1 Å². The van der Waals surface area contributed by atoms with Crippen LogP contribution in [0.1, 0.15) is 23.3 Å². The number of H-pyrrole nitrogens is 1. The average Bonchev–Trinajstić information content (AvgIpc) is 3.25. The molecule has 0 bridgehead atoms. The van der Waals surface area contributed by atoms with Crippen molar-refractivity contribution in [3.05, 3.63) is 29.3 Å². The number of likely N-dealkylation sites (tertiary alicyclic amines) is 1. The monoisotopic (exact) mass is 349 g/mol. The van der Waals surface area contributed by atoms with Crippen LogP contribution in [0.15, 0.2) is 23.6 Å². The summed E-state index contributed by atoms with van der Waals surface area (Å²) in [5, 5.41) is 18.5. The van der Waals surface area contributed by atoms with Crippen LogP contribution >= 0.6 is 11.3 Å². The topological polar surface area (TPSA) is 95.5 Å². The molecule has 2 aromatic heterocycles. The molecule has 2 aromatic rings. The van der Waals surface area contributed by atoms with Crippen LogP contribution < -0.4 is 0 Å². The number of ether oxygens (including phenoxy) is 1. The van der Waals surface area contributed by atoms with Crippen LogP contribution in [0.5, 0.6) is 0 Å². The maximum Gasteiger partial charge on any atom is 0.313 e. The van der Waals surface area contributed by atoms with E-state index in [1.165, 1.54) is 7.11 Å². The average molecular weight is 349 g/mol. The molecule has 2 N–H and O–H groups in total. The predicted molar refractivity (Wildman–Crippen MR) is 89.0 cm³/mol. The molecule has 1 aliphatic heterocycles. The Kier molecular flexibility index (Phi) is 4.68. The Hall–Kier alpha value is -2.19. The van der Waals surface area contributed by atoms with Gasteiger partial charge in [0.25, 0.3) is 5.91 Å². The number of aromatic nitrogens is 2. The number of methoxy groups -OCH3 is 1. The Morgan fingerprint density at radius 2 is 2.38 bits per heavy atom. The van der Waals surface area contributed by atoms with Crippen LogP contribution in [-0.4, -0.2) is 58.9 Å². The van der Waals surface area contributed by atoms with E-state index < -0.39 is 11.4 Å². The molecular weight excluding hydrogens is 330 g/mol. The Balaban J connectivity index is 1.78. The highest BCUT2D eigenvalue weighted by Gasteiger charge is 2.44. The number of aliphatic carboxylic acids is 1. The Bertz CT molecular complexity index is 724. The van der Waals surface area contributed by atoms with Gasteiger partial charge in [-0.15, -0.1) is 11.3 Å². The number of hydrogen-bond donors (Lipinski definition) is 2. The van der Waals surface area contributed by atoms with Gasteiger partial charge < -0.3 is 14.7 Å². The van der Waals surface area contributed by atoms with Gasteiger partial charge in [0.1, 0.15) is 5.41 Å². The number of piperidine rings is 1. The molecule has 1 saturated heterocycles. The number of amides is 1. The quantitative estimate of drug-likeness (QED) is 0.862. The summed E-state index contributed by atoms with van der Waals surface area (Å²) in [4.78, 5) is 27.0. The van der Waals surface area contributed by atoms with E-state index in [1.54, 1.807) is 22.3 Å². The second-order valence-electron chi connectivity index (χ2n) is 5.99. The molecule has 1 fully saturated rings. The Morgan fingerprint density at radius 3 is 3.04 bits per heavy atom. The molecule has 0 aliphatic carbocycles. The zero-order valence-corrected chi connectivity index (χ0v) is 14.1. The number of thiophene rings is 1. The van der Waals surface area contributed by atoms with E-state index in [0.29, 0.717) is 25.1 Å². The SMILES string of the molecule is COCC1(C(=O)O)CCCN(C(=O)c2cc(-c3cccs3)[nH]n2)C1. The molecule has 8 heteroatoms. The van der Waals surface area contributed by atoms with Gasteiger partial charge in [-0.2, -0.15) is 5.10 Å². The lowest BCUT2D eigenvalue weighted by atomic mass is 9.80. The van der Waals surface area contributed by atoms with Crippen molar-refractivity contribution in [2.75, 3.05) is 26.8 Å². The standard InChI is InChI=1S/C16H19N3O4S/c1-23-10-16(15(21)22)5-3-6-19(9-16)14(20)12-8-11(17-18-12)13-4-2-7-24-13/h2,4,7-8H,3,5-6,9-10H2,1H3,(H,17,18)(H,21,22). The first kappa shape index (κ1) is 16.7. The first-order valence-electron chi connectivity index (χ1n) is 7.67. The van der Waals surface area contributed by atoms with Crippen molar-refractivity contribution in [1.82, 2.24) is 15.1 Å². The Labute approximate surface area is 143 Å². The maximum absolute atomic E-state index is 12.7. The minimum absolute atomic E-state index is 0.0904. The lowest BCUT2D eigenvalue weighted by Gasteiger charge is -2.39. The highest BCUT2D eigenvalue weighted by molar-refractivity contribution is 7.13. The van der Waals surface area contributed by atoms with Crippen molar-refractivity contribution in [1.29, 1.82) is 0 Å². The van der Waals surface area contributed by atoms with Gasteiger partial charge in [-0.1, -0.05) is 6.07 Å². The van der Waals surface area contributed by atoms with E-state index in [4.69, 9.17) is 4.74 Å². The molecular formula is C16H19N3O4S. The number of carboxylic acid groups (broad SMARTS) is 1. The number of carbonyl (C=O) groups excluding carboxylic acids is 1. The molecule has 0 saturated carbocycles. The third-order valence-corrected chi connectivity index (χ3v) is 5.23. The number of aromatic amines is 1. The summed E-state index contributed by atoms with van der Waals surface area (Å²) in [5.74, 6) is -1.18. The number of carbonyl (C=O) groups is 2. The summed E-state index contributed by atoms with van der Waals surface area (Å²) in [5.41, 5.74) is 0.0407. The number of carboxylic acids is 1. The zero-order valence-electron chi connectivity index (χ0n) is 13.3. The van der Waals surface area contributed by atoms with Crippen molar-refractivity contribution >= 4 is 23.2 Å². The first-order chi connectivity index (χ1) is 11.6. The highest BCUT2D eigenvalue weighted by Crippen LogP contribution is 2.32. The number of nitrogens with zero attached hydrogens (tertiary/aromatic N) is 2. The smallest absolute Gasteiger partial charge is 0.313 e. The summed E-state index contributed by atoms with van der Waals surface area (Å²) in [6.07, 6.45) is 1.13. The van der Waals surface area contributed by atoms with Gasteiger partial charge in [0, 0.05) is 20.2 Å². The molecule has 0 spiro atoms. The van der Waals surface area contributed by atoms with Crippen LogP contribution in [0.4, 0.5) is 0 Å². The predicted octanol–water partition coefficient (Wildman–Crippen LogP) is 2.09. The lowest BCUT2D eigenvalue weighted by Crippen LogP contribution is -2.52. The van der Waals surface area contributed by atoms with Crippen molar-refractivity contribution in [3.63, 3.8) is 0 Å². The molecule has 0 radical (unpaired) electrons. The fourth-order valence-corrected chi connectivity index (χ4v) is 3.78. The van der Waals surface area contributed by atoms with Crippen molar-refractivity contribution in [2.24, 2.45) is 5.41 Å². The van der Waals surface area contributed by atoms with E-state index in [0.717, 1.165) is 10.6 Å². The van der Waals surface area contributed by atoms with Crippen molar-refractivity contribution in [3.8, 4) is 10.6 Å². The number of nitrogens with one attached hydrogen (secondary N) is 1. The van der Waals surface area contributed by atoms with Gasteiger partial charge in [0.15, 0.2) is 5.69 Å². The highest BCUT2D eigenvalue weighted by atomic mass is 32.1. The lowest BCUT2D eigenvalue weighted by molar-refractivity contribution is -0.155. The van der Waals surface area contributed by atoms with Crippen LogP contribution in [0.25, 0.3) is 10.6 Å². The van der Waals surface area contributed by atoms with Crippen LogP contribution in [0.2, 0.25) is 0 Å². The minimum atomic E-state index is -1.05. The van der Waals surface area contributed by atoms with E-state index in [2.05, 4.69) is 10.2 Å². The van der Waals surface area contributed by atoms with Crippen LogP contribution in [0, 0.1) is 5.41 Å². The summed E-state index contributed by atoms with van der Waals surface area (Å²) in [7, 11) is 1.48. The van der Waals surface area contributed by atoms with Crippen LogP contribution in [0.3, 0.4) is 0 Å². The fraction of sp³-hybridized carbons (Fsp3) is 0.438. The van der Waals surface area contributed by atoms with E-state index in [9.17, 15) is 14.7 Å². The van der Waals surface area contributed by atoms with Crippen molar-refractivity contribution < 1.29 is 19.4 Å². The zero-order chi connectivity index (χ0) is 17.2. The first-order valence-corrected chi connectivity index (χ1v) is 8.54. The van der Waals surface area contributed by atoms with Gasteiger partial charge in [0.05, 0.1) is 17.2 Å². The number of rotatable bonds is 5. The summed E-state index contributed by atoms with van der Waals surface area (Å²) in [6.45, 7) is 0.752. The van der Waals surface area contributed by atoms with Gasteiger partial charge in [-0.05, 0) is 30.4 Å². The van der Waals surface area contributed by atoms with Gasteiger partial charge >= 0.3 is 5.97 Å². The molecule has 24 heavy (non-hydrogen) atoms. The maximum atomic E-state index is 12.7. The van der Waals surface area contributed by atoms with Crippen molar-refractivity contribution in [2.45, 2.75) is 12.8 Å². The molecule has 1 atom stereocenters. The third-order valence-electron chi connectivity index (χ3n) is 4.32. The van der Waals surface area contributed by atoms with Crippen LogP contribution in [-0.2, 0) is 9.53 Å². The van der Waals surface area contributed by atoms with E-state index in [1.807, 2.05) is 17.5 Å². The second-order valence-corrected chi connectivity index (χ2v) is 6.94. The fourth-order valence-electron chi connectivity index (χ4n) is 3.09. The molecule has 3 heterocycles. The molecule has 1 unspecified atom stereocenters. The minimum Gasteiger partial charge on any atom is -0.481 e. The molecule has 1 aliphatic rings. The largest absolute Gasteiger partial charge is 0.481 e. The molecule has 0 aromatic carbocycles.